The SMILES string of the molecule is CCCC1NC(C(C)C)N(C2CC(C)CC(C)C2)C1=O. The van der Waals surface area contributed by atoms with E-state index >= 15 is 0 Å². The summed E-state index contributed by atoms with van der Waals surface area (Å²) in [4.78, 5) is 15.0. The molecule has 20 heavy (non-hydrogen) atoms. The quantitative estimate of drug-likeness (QED) is 0.856. The first-order valence-electron chi connectivity index (χ1n) is 8.52. The van der Waals surface area contributed by atoms with Gasteiger partial charge < -0.3 is 4.90 Å². The van der Waals surface area contributed by atoms with Crippen molar-refractivity contribution in [2.45, 2.75) is 85.0 Å². The summed E-state index contributed by atoms with van der Waals surface area (Å²) >= 11 is 0. The Hall–Kier alpha value is -0.570. The second kappa shape index (κ2) is 6.46. The van der Waals surface area contributed by atoms with Crippen LogP contribution in [0.1, 0.15) is 66.7 Å². The number of nitrogens with zero attached hydrogens (tertiary/aromatic N) is 1. The van der Waals surface area contributed by atoms with E-state index in [0.29, 0.717) is 17.9 Å². The molecule has 1 amide bonds. The van der Waals surface area contributed by atoms with E-state index in [4.69, 9.17) is 0 Å². The fourth-order valence-electron chi connectivity index (χ4n) is 4.22. The first kappa shape index (κ1) is 15.8. The number of hydrogen-bond donors (Lipinski definition) is 1. The van der Waals surface area contributed by atoms with Gasteiger partial charge in [-0.1, -0.05) is 41.0 Å². The van der Waals surface area contributed by atoms with Crippen molar-refractivity contribution in [2.75, 3.05) is 0 Å². The lowest BCUT2D eigenvalue weighted by Gasteiger charge is -2.41. The predicted molar refractivity (Wildman–Crippen MR) is 83.3 cm³/mol. The second-order valence-corrected chi connectivity index (χ2v) is 7.51. The zero-order chi connectivity index (χ0) is 14.9. The Labute approximate surface area is 124 Å². The van der Waals surface area contributed by atoms with Crippen LogP contribution in [0.15, 0.2) is 0 Å². The molecule has 2 aliphatic rings. The van der Waals surface area contributed by atoms with E-state index in [0.717, 1.165) is 24.7 Å². The summed E-state index contributed by atoms with van der Waals surface area (Å²) in [6.45, 7) is 11.3. The lowest BCUT2D eigenvalue weighted by molar-refractivity contribution is -0.134. The minimum atomic E-state index is 0.0555. The second-order valence-electron chi connectivity index (χ2n) is 7.51. The van der Waals surface area contributed by atoms with Crippen molar-refractivity contribution < 1.29 is 4.79 Å². The van der Waals surface area contributed by atoms with Crippen LogP contribution in [-0.2, 0) is 4.79 Å². The molecule has 2 fully saturated rings. The molecule has 116 valence electrons. The molecule has 1 aliphatic heterocycles. The molecule has 1 saturated heterocycles. The molecule has 3 nitrogen and oxygen atoms in total. The maximum atomic E-state index is 12.8. The number of carbonyl (C=O) groups is 1. The van der Waals surface area contributed by atoms with Crippen LogP contribution in [0.5, 0.6) is 0 Å². The molecule has 1 heterocycles. The van der Waals surface area contributed by atoms with Crippen LogP contribution in [-0.4, -0.2) is 29.1 Å². The highest BCUT2D eigenvalue weighted by atomic mass is 16.2. The van der Waals surface area contributed by atoms with E-state index < -0.39 is 0 Å². The lowest BCUT2D eigenvalue weighted by atomic mass is 9.79. The van der Waals surface area contributed by atoms with Gasteiger partial charge in [0, 0.05) is 6.04 Å². The Balaban J connectivity index is 2.15. The smallest absolute Gasteiger partial charge is 0.241 e. The number of rotatable bonds is 4. The van der Waals surface area contributed by atoms with Gasteiger partial charge in [-0.05, 0) is 43.4 Å². The fraction of sp³-hybridized carbons (Fsp3) is 0.941. The van der Waals surface area contributed by atoms with Crippen molar-refractivity contribution in [1.29, 1.82) is 0 Å². The largest absolute Gasteiger partial charge is 0.323 e. The monoisotopic (exact) mass is 280 g/mol. The minimum absolute atomic E-state index is 0.0555. The molecule has 2 rings (SSSR count). The summed E-state index contributed by atoms with van der Waals surface area (Å²) in [7, 11) is 0. The average molecular weight is 280 g/mol. The maximum Gasteiger partial charge on any atom is 0.241 e. The highest BCUT2D eigenvalue weighted by Gasteiger charge is 2.44. The maximum absolute atomic E-state index is 12.8. The Bertz CT molecular complexity index is 332. The Morgan fingerprint density at radius 3 is 2.30 bits per heavy atom. The van der Waals surface area contributed by atoms with Gasteiger partial charge in [0.2, 0.25) is 5.91 Å². The van der Waals surface area contributed by atoms with Crippen molar-refractivity contribution in [3.63, 3.8) is 0 Å². The van der Waals surface area contributed by atoms with Gasteiger partial charge >= 0.3 is 0 Å². The van der Waals surface area contributed by atoms with Crippen LogP contribution in [0.25, 0.3) is 0 Å². The van der Waals surface area contributed by atoms with E-state index in [9.17, 15) is 4.79 Å². The molecule has 1 aliphatic carbocycles. The van der Waals surface area contributed by atoms with Crippen LogP contribution in [0.4, 0.5) is 0 Å². The van der Waals surface area contributed by atoms with Crippen molar-refractivity contribution >= 4 is 5.91 Å². The molecule has 0 aromatic carbocycles. The average Bonchev–Trinajstić information content (AvgIpc) is 2.66. The molecule has 0 aromatic heterocycles. The fourth-order valence-corrected chi connectivity index (χ4v) is 4.22. The molecule has 0 bridgehead atoms. The summed E-state index contributed by atoms with van der Waals surface area (Å²) in [5.41, 5.74) is 0. The van der Waals surface area contributed by atoms with E-state index in [-0.39, 0.29) is 12.2 Å². The van der Waals surface area contributed by atoms with Crippen LogP contribution >= 0.6 is 0 Å². The van der Waals surface area contributed by atoms with Gasteiger partial charge in [0.05, 0.1) is 12.2 Å². The summed E-state index contributed by atoms with van der Waals surface area (Å²) in [6.07, 6.45) is 5.95. The van der Waals surface area contributed by atoms with Gasteiger partial charge in [0.1, 0.15) is 0 Å². The molecule has 0 spiro atoms. The molecule has 0 aromatic rings. The van der Waals surface area contributed by atoms with Gasteiger partial charge in [-0.25, -0.2) is 0 Å². The molecular weight excluding hydrogens is 248 g/mol. The normalized spacial score (nSPS) is 38.8. The standard InChI is InChI=1S/C17H32N2O/c1-6-7-15-17(20)19(16(18-15)11(2)3)14-9-12(4)8-13(5)10-14/h11-16,18H,6-10H2,1-5H3. The number of nitrogens with one attached hydrogen (secondary N) is 1. The van der Waals surface area contributed by atoms with E-state index in [1.165, 1.54) is 19.3 Å². The first-order valence-corrected chi connectivity index (χ1v) is 8.52. The Morgan fingerprint density at radius 1 is 1.20 bits per heavy atom. The topological polar surface area (TPSA) is 32.3 Å². The molecule has 1 saturated carbocycles. The van der Waals surface area contributed by atoms with Crippen LogP contribution in [0.3, 0.4) is 0 Å². The zero-order valence-electron chi connectivity index (χ0n) is 13.9. The molecule has 4 unspecified atom stereocenters. The van der Waals surface area contributed by atoms with Gasteiger partial charge in [-0.15, -0.1) is 0 Å². The summed E-state index contributed by atoms with van der Waals surface area (Å²) in [6, 6.07) is 0.503. The van der Waals surface area contributed by atoms with Gasteiger partial charge in [0.15, 0.2) is 0 Å². The summed E-state index contributed by atoms with van der Waals surface area (Å²) in [5, 5.41) is 3.59. The van der Waals surface area contributed by atoms with Crippen LogP contribution in [0, 0.1) is 17.8 Å². The first-order chi connectivity index (χ1) is 9.43. The van der Waals surface area contributed by atoms with Crippen molar-refractivity contribution in [2.24, 2.45) is 17.8 Å². The van der Waals surface area contributed by atoms with E-state index in [1.807, 2.05) is 0 Å². The molecule has 1 N–H and O–H groups in total. The van der Waals surface area contributed by atoms with Crippen molar-refractivity contribution in [3.8, 4) is 0 Å². The molecule has 3 heteroatoms. The highest BCUT2D eigenvalue weighted by molar-refractivity contribution is 5.84. The molecular formula is C17H32N2O. The predicted octanol–water partition coefficient (Wildman–Crippen LogP) is 3.39. The van der Waals surface area contributed by atoms with Crippen LogP contribution in [0.2, 0.25) is 0 Å². The summed E-state index contributed by atoms with van der Waals surface area (Å²) in [5.74, 6) is 2.33. The number of amides is 1. The van der Waals surface area contributed by atoms with Gasteiger partial charge in [-0.2, -0.15) is 0 Å². The van der Waals surface area contributed by atoms with Crippen molar-refractivity contribution in [3.05, 3.63) is 0 Å². The van der Waals surface area contributed by atoms with Crippen molar-refractivity contribution in [1.82, 2.24) is 10.2 Å². The lowest BCUT2D eigenvalue weighted by Crippen LogP contribution is -2.49. The Morgan fingerprint density at radius 2 is 1.80 bits per heavy atom. The molecule has 0 radical (unpaired) electrons. The van der Waals surface area contributed by atoms with E-state index in [2.05, 4.69) is 44.8 Å². The zero-order valence-corrected chi connectivity index (χ0v) is 13.9. The van der Waals surface area contributed by atoms with Crippen LogP contribution < -0.4 is 5.32 Å². The third-order valence-electron chi connectivity index (χ3n) is 4.98. The van der Waals surface area contributed by atoms with Gasteiger partial charge in [0.25, 0.3) is 0 Å². The number of carbonyl (C=O) groups excluding carboxylic acids is 1. The van der Waals surface area contributed by atoms with E-state index in [1.54, 1.807) is 0 Å². The minimum Gasteiger partial charge on any atom is -0.323 e. The third-order valence-corrected chi connectivity index (χ3v) is 4.98. The Kier molecular flexibility index (Phi) is 5.11. The molecule has 4 atom stereocenters. The number of hydrogen-bond acceptors (Lipinski definition) is 2. The summed E-state index contributed by atoms with van der Waals surface area (Å²) < 4.78 is 0. The van der Waals surface area contributed by atoms with Gasteiger partial charge in [-0.3, -0.25) is 10.1 Å². The third kappa shape index (κ3) is 3.19. The highest BCUT2D eigenvalue weighted by Crippen LogP contribution is 2.35.